The van der Waals surface area contributed by atoms with E-state index in [4.69, 9.17) is 0 Å². The number of Topliss-reactive ketones (excluding diaryl/α,β-unsaturated/α-hetero) is 1. The first-order chi connectivity index (χ1) is 11.3. The second kappa shape index (κ2) is 7.25. The van der Waals surface area contributed by atoms with Gasteiger partial charge in [-0.2, -0.15) is 0 Å². The van der Waals surface area contributed by atoms with Crippen LogP contribution in [0.4, 0.5) is 0 Å². The highest BCUT2D eigenvalue weighted by atomic mass is 16.1. The lowest BCUT2D eigenvalue weighted by molar-refractivity contribution is -0.127. The average molecular weight is 318 g/mol. The van der Waals surface area contributed by atoms with Gasteiger partial charge in [-0.05, 0) is 69.2 Å². The lowest BCUT2D eigenvalue weighted by atomic mass is 9.61. The van der Waals surface area contributed by atoms with Crippen molar-refractivity contribution in [2.45, 2.75) is 89.5 Å². The second-order valence-electron chi connectivity index (χ2n) is 8.93. The van der Waals surface area contributed by atoms with Gasteiger partial charge in [0.25, 0.3) is 0 Å². The third-order valence-electron chi connectivity index (χ3n) is 7.72. The van der Waals surface area contributed by atoms with Crippen LogP contribution in [-0.4, -0.2) is 29.8 Å². The molecule has 1 aliphatic heterocycles. The molecular weight excluding hydrogens is 282 g/mol. The van der Waals surface area contributed by atoms with Gasteiger partial charge in [0, 0.05) is 12.0 Å². The summed E-state index contributed by atoms with van der Waals surface area (Å²) < 4.78 is 0. The van der Waals surface area contributed by atoms with Gasteiger partial charge in [-0.25, -0.2) is 0 Å². The molecule has 1 saturated heterocycles. The Bertz CT molecular complexity index is 414. The van der Waals surface area contributed by atoms with Gasteiger partial charge < -0.3 is 0 Å². The third-order valence-corrected chi connectivity index (χ3v) is 7.72. The molecule has 4 rings (SSSR count). The highest BCUT2D eigenvalue weighted by Gasteiger charge is 2.44. The fourth-order valence-corrected chi connectivity index (χ4v) is 6.55. The molecule has 2 nitrogen and oxygen atoms in total. The first kappa shape index (κ1) is 16.1. The highest BCUT2D eigenvalue weighted by Crippen LogP contribution is 2.48. The molecule has 0 spiro atoms. The number of likely N-dealkylation sites (tertiary alicyclic amines) is 1. The van der Waals surface area contributed by atoms with Crippen LogP contribution in [0.1, 0.15) is 83.5 Å². The monoisotopic (exact) mass is 317 g/mol. The molecule has 0 aromatic heterocycles. The Morgan fingerprint density at radius 1 is 0.739 bits per heavy atom. The van der Waals surface area contributed by atoms with Gasteiger partial charge in [0.1, 0.15) is 5.78 Å². The maximum absolute atomic E-state index is 12.8. The summed E-state index contributed by atoms with van der Waals surface area (Å²) in [5.41, 5.74) is 0. The lowest BCUT2D eigenvalue weighted by Gasteiger charge is -2.52. The predicted molar refractivity (Wildman–Crippen MR) is 94.3 cm³/mol. The molecule has 4 fully saturated rings. The molecule has 0 aromatic rings. The molecule has 3 aliphatic carbocycles. The standard InChI is InChI=1S/C21H35NO/c23-21(17-8-2-1-3-9-17)15-22-14-6-11-19-18-10-5-4-7-16(18)12-13-20(19)22/h16-20H,1-15H2. The minimum atomic E-state index is 0.398. The summed E-state index contributed by atoms with van der Waals surface area (Å²) in [5, 5.41) is 0. The van der Waals surface area contributed by atoms with Crippen molar-refractivity contribution in [1.29, 1.82) is 0 Å². The van der Waals surface area contributed by atoms with Crippen LogP contribution in [0.25, 0.3) is 0 Å². The van der Waals surface area contributed by atoms with Crippen LogP contribution in [0.2, 0.25) is 0 Å². The Kier molecular flexibility index (Phi) is 5.08. The van der Waals surface area contributed by atoms with Gasteiger partial charge in [0.15, 0.2) is 0 Å². The molecule has 0 aromatic carbocycles. The quantitative estimate of drug-likeness (QED) is 0.744. The van der Waals surface area contributed by atoms with Crippen molar-refractivity contribution in [1.82, 2.24) is 4.90 Å². The van der Waals surface area contributed by atoms with Crippen LogP contribution in [0.15, 0.2) is 0 Å². The average Bonchev–Trinajstić information content (AvgIpc) is 2.62. The minimum Gasteiger partial charge on any atom is -0.298 e. The predicted octanol–water partition coefficient (Wildman–Crippen LogP) is 4.82. The summed E-state index contributed by atoms with van der Waals surface area (Å²) in [4.78, 5) is 15.4. The van der Waals surface area contributed by atoms with Crippen LogP contribution in [-0.2, 0) is 4.79 Å². The number of carbonyl (C=O) groups is 1. The zero-order valence-electron chi connectivity index (χ0n) is 14.8. The molecule has 23 heavy (non-hydrogen) atoms. The van der Waals surface area contributed by atoms with Crippen LogP contribution in [0, 0.1) is 23.7 Å². The van der Waals surface area contributed by atoms with Gasteiger partial charge in [0.2, 0.25) is 0 Å². The van der Waals surface area contributed by atoms with E-state index in [0.29, 0.717) is 11.7 Å². The topological polar surface area (TPSA) is 20.3 Å². The van der Waals surface area contributed by atoms with Crippen LogP contribution in [0.5, 0.6) is 0 Å². The van der Waals surface area contributed by atoms with Crippen molar-refractivity contribution in [2.75, 3.05) is 13.1 Å². The lowest BCUT2D eigenvalue weighted by Crippen LogP contribution is -2.54. The van der Waals surface area contributed by atoms with Gasteiger partial charge in [0.05, 0.1) is 6.54 Å². The number of hydrogen-bond donors (Lipinski definition) is 0. The Balaban J connectivity index is 1.40. The number of ketones is 1. The molecule has 130 valence electrons. The fraction of sp³-hybridized carbons (Fsp3) is 0.952. The van der Waals surface area contributed by atoms with E-state index in [1.165, 1.54) is 90.0 Å². The molecule has 0 radical (unpaired) electrons. The SMILES string of the molecule is O=C(CN1CCCC2C3CCCCC3CCC21)C1CCCCC1. The Morgan fingerprint density at radius 3 is 2.35 bits per heavy atom. The largest absolute Gasteiger partial charge is 0.298 e. The number of carbonyl (C=O) groups excluding carboxylic acids is 1. The van der Waals surface area contributed by atoms with Gasteiger partial charge in [-0.1, -0.05) is 38.5 Å². The normalized spacial score (nSPS) is 39.5. The number of piperidine rings is 1. The second-order valence-corrected chi connectivity index (χ2v) is 8.93. The molecule has 1 heterocycles. The zero-order chi connectivity index (χ0) is 15.6. The Hall–Kier alpha value is -0.370. The highest BCUT2D eigenvalue weighted by molar-refractivity contribution is 5.83. The van der Waals surface area contributed by atoms with Crippen molar-refractivity contribution in [3.63, 3.8) is 0 Å². The van der Waals surface area contributed by atoms with E-state index >= 15 is 0 Å². The molecule has 0 amide bonds. The number of rotatable bonds is 3. The first-order valence-electron chi connectivity index (χ1n) is 10.6. The van der Waals surface area contributed by atoms with E-state index in [9.17, 15) is 4.79 Å². The van der Waals surface area contributed by atoms with Crippen LogP contribution >= 0.6 is 0 Å². The number of nitrogens with zero attached hydrogens (tertiary/aromatic N) is 1. The zero-order valence-corrected chi connectivity index (χ0v) is 14.8. The van der Waals surface area contributed by atoms with Crippen molar-refractivity contribution in [3.8, 4) is 0 Å². The van der Waals surface area contributed by atoms with E-state index in [1.807, 2.05) is 0 Å². The van der Waals surface area contributed by atoms with E-state index in [1.54, 1.807) is 0 Å². The van der Waals surface area contributed by atoms with E-state index in [-0.39, 0.29) is 0 Å². The van der Waals surface area contributed by atoms with Crippen molar-refractivity contribution >= 4 is 5.78 Å². The molecule has 4 atom stereocenters. The first-order valence-corrected chi connectivity index (χ1v) is 10.6. The van der Waals surface area contributed by atoms with Crippen LogP contribution < -0.4 is 0 Å². The van der Waals surface area contributed by atoms with E-state index in [2.05, 4.69) is 4.90 Å². The Morgan fingerprint density at radius 2 is 1.48 bits per heavy atom. The van der Waals surface area contributed by atoms with Crippen LogP contribution in [0.3, 0.4) is 0 Å². The van der Waals surface area contributed by atoms with Gasteiger partial charge in [-0.15, -0.1) is 0 Å². The smallest absolute Gasteiger partial charge is 0.149 e. The fourth-order valence-electron chi connectivity index (χ4n) is 6.55. The molecule has 2 heteroatoms. The number of fused-ring (bicyclic) bond motifs is 3. The molecule has 4 aliphatic rings. The van der Waals surface area contributed by atoms with Crippen molar-refractivity contribution < 1.29 is 4.79 Å². The maximum atomic E-state index is 12.8. The van der Waals surface area contributed by atoms with E-state index in [0.717, 1.165) is 30.3 Å². The molecule has 3 saturated carbocycles. The van der Waals surface area contributed by atoms with Crippen molar-refractivity contribution in [2.24, 2.45) is 23.7 Å². The molecular formula is C21H35NO. The molecule has 0 N–H and O–H groups in total. The van der Waals surface area contributed by atoms with Crippen molar-refractivity contribution in [3.05, 3.63) is 0 Å². The Labute approximate surface area is 142 Å². The third kappa shape index (κ3) is 3.38. The van der Waals surface area contributed by atoms with Gasteiger partial charge in [-0.3, -0.25) is 9.69 Å². The minimum absolute atomic E-state index is 0.398. The molecule has 4 unspecified atom stereocenters. The molecule has 0 bridgehead atoms. The maximum Gasteiger partial charge on any atom is 0.149 e. The summed E-state index contributed by atoms with van der Waals surface area (Å²) >= 11 is 0. The summed E-state index contributed by atoms with van der Waals surface area (Å²) in [6.45, 7) is 1.97. The van der Waals surface area contributed by atoms with Gasteiger partial charge >= 0.3 is 0 Å². The number of hydrogen-bond acceptors (Lipinski definition) is 2. The summed E-state index contributed by atoms with van der Waals surface area (Å²) in [6.07, 6.45) is 17.8. The summed E-state index contributed by atoms with van der Waals surface area (Å²) in [5.74, 6) is 3.92. The van der Waals surface area contributed by atoms with E-state index < -0.39 is 0 Å². The summed E-state index contributed by atoms with van der Waals surface area (Å²) in [7, 11) is 0. The summed E-state index contributed by atoms with van der Waals surface area (Å²) in [6, 6.07) is 0.746.